The maximum atomic E-state index is 15.3. The molecule has 10 atom stereocenters. The van der Waals surface area contributed by atoms with Gasteiger partial charge in [-0.25, -0.2) is 4.79 Å². The number of fused-ring (bicyclic) bond motifs is 1. The molecule has 6 aliphatic carbocycles. The molecule has 4 saturated carbocycles. The van der Waals surface area contributed by atoms with Gasteiger partial charge in [0.15, 0.2) is 5.78 Å². The normalized spacial score (nSPS) is 45.1. The van der Waals surface area contributed by atoms with Crippen molar-refractivity contribution in [3.05, 3.63) is 22.8 Å². The molecular formula is C36H52O7. The Morgan fingerprint density at radius 1 is 0.977 bits per heavy atom. The molecule has 7 heteroatoms. The van der Waals surface area contributed by atoms with Crippen LogP contribution in [-0.2, 0) is 14.4 Å². The lowest BCUT2D eigenvalue weighted by Crippen LogP contribution is -2.65. The van der Waals surface area contributed by atoms with E-state index in [9.17, 15) is 30.0 Å². The zero-order chi connectivity index (χ0) is 31.1. The average molecular weight is 597 g/mol. The molecule has 2 spiro atoms. The number of carboxylic acids is 1. The summed E-state index contributed by atoms with van der Waals surface area (Å²) in [5, 5.41) is 44.9. The zero-order valence-electron chi connectivity index (χ0n) is 26.5. The van der Waals surface area contributed by atoms with Crippen LogP contribution in [-0.4, -0.2) is 56.3 Å². The summed E-state index contributed by atoms with van der Waals surface area (Å²) in [4.78, 5) is 40.1. The lowest BCUT2D eigenvalue weighted by molar-refractivity contribution is -0.158. The molecule has 0 aromatic rings. The highest BCUT2D eigenvalue weighted by molar-refractivity contribution is 6.03. The van der Waals surface area contributed by atoms with Crippen molar-refractivity contribution in [2.75, 3.05) is 0 Å². The third kappa shape index (κ3) is 4.19. The molecule has 0 radical (unpaired) electrons. The number of rotatable bonds is 4. The summed E-state index contributed by atoms with van der Waals surface area (Å²) in [6.07, 6.45) is 9.42. The zero-order valence-corrected chi connectivity index (χ0v) is 26.5. The van der Waals surface area contributed by atoms with Crippen molar-refractivity contribution in [3.8, 4) is 0 Å². The van der Waals surface area contributed by atoms with Crippen LogP contribution < -0.4 is 0 Å². The van der Waals surface area contributed by atoms with Crippen LogP contribution in [0.5, 0.6) is 0 Å². The topological polar surface area (TPSA) is 132 Å². The van der Waals surface area contributed by atoms with E-state index in [1.165, 1.54) is 13.0 Å². The van der Waals surface area contributed by atoms with E-state index >= 15 is 4.79 Å². The van der Waals surface area contributed by atoms with Gasteiger partial charge < -0.3 is 20.4 Å². The van der Waals surface area contributed by atoms with Crippen LogP contribution in [0.15, 0.2) is 22.8 Å². The van der Waals surface area contributed by atoms with Crippen LogP contribution in [0.2, 0.25) is 0 Å². The van der Waals surface area contributed by atoms with E-state index in [4.69, 9.17) is 0 Å². The highest BCUT2D eigenvalue weighted by Crippen LogP contribution is 2.76. The minimum Gasteiger partial charge on any atom is -0.478 e. The summed E-state index contributed by atoms with van der Waals surface area (Å²) < 4.78 is 0. The van der Waals surface area contributed by atoms with Crippen molar-refractivity contribution in [2.24, 2.45) is 45.3 Å². The number of carbonyl (C=O) groups is 3. The fourth-order valence-corrected chi connectivity index (χ4v) is 12.2. The van der Waals surface area contributed by atoms with Crippen molar-refractivity contribution < 1.29 is 34.8 Å². The Morgan fingerprint density at radius 3 is 2.40 bits per heavy atom. The van der Waals surface area contributed by atoms with Gasteiger partial charge in [0.05, 0.1) is 18.3 Å². The fourth-order valence-electron chi connectivity index (χ4n) is 12.2. The molecule has 10 unspecified atom stereocenters. The van der Waals surface area contributed by atoms with Gasteiger partial charge in [-0.05, 0) is 86.7 Å². The Bertz CT molecular complexity index is 1260. The molecule has 2 bridgehead atoms. The largest absolute Gasteiger partial charge is 0.478 e. The van der Waals surface area contributed by atoms with Crippen LogP contribution in [0.1, 0.15) is 118 Å². The smallest absolute Gasteiger partial charge is 0.331 e. The molecule has 0 heterocycles. The second-order valence-corrected chi connectivity index (χ2v) is 16.0. The number of Topliss-reactive ketones (excluding diaryl/α,β-unsaturated/α-hetero) is 2. The Hall–Kier alpha value is -1.83. The minimum absolute atomic E-state index is 0.0198. The third-order valence-electron chi connectivity index (χ3n) is 14.1. The van der Waals surface area contributed by atoms with E-state index in [1.807, 2.05) is 13.8 Å². The molecule has 6 rings (SSSR count). The van der Waals surface area contributed by atoms with Crippen molar-refractivity contribution >= 4 is 17.5 Å². The highest BCUT2D eigenvalue weighted by Gasteiger charge is 2.74. The van der Waals surface area contributed by atoms with Gasteiger partial charge in [0.2, 0.25) is 0 Å². The van der Waals surface area contributed by atoms with Gasteiger partial charge in [0.25, 0.3) is 0 Å². The summed E-state index contributed by atoms with van der Waals surface area (Å²) in [6.45, 7) is 7.68. The third-order valence-corrected chi connectivity index (χ3v) is 14.1. The number of ketones is 2. The molecule has 0 aliphatic heterocycles. The van der Waals surface area contributed by atoms with Gasteiger partial charge >= 0.3 is 5.97 Å². The maximum absolute atomic E-state index is 15.3. The first-order chi connectivity index (χ1) is 20.2. The number of aliphatic hydroxyl groups is 3. The second kappa shape index (κ2) is 10.6. The maximum Gasteiger partial charge on any atom is 0.331 e. The van der Waals surface area contributed by atoms with Gasteiger partial charge in [-0.2, -0.15) is 0 Å². The van der Waals surface area contributed by atoms with Crippen LogP contribution >= 0.6 is 0 Å². The molecule has 0 amide bonds. The number of carbonyl (C=O) groups excluding carboxylic acids is 2. The molecule has 0 aromatic carbocycles. The van der Waals surface area contributed by atoms with Gasteiger partial charge in [-0.15, -0.1) is 0 Å². The van der Waals surface area contributed by atoms with E-state index < -0.39 is 45.9 Å². The number of carboxylic acid groups (broad SMARTS) is 1. The minimum atomic E-state index is -1.05. The summed E-state index contributed by atoms with van der Waals surface area (Å²) >= 11 is 0. The van der Waals surface area contributed by atoms with Crippen molar-refractivity contribution in [3.63, 3.8) is 0 Å². The summed E-state index contributed by atoms with van der Waals surface area (Å²) in [5.74, 6) is -1.02. The average Bonchev–Trinajstić information content (AvgIpc) is 3.16. The second-order valence-electron chi connectivity index (χ2n) is 16.0. The van der Waals surface area contributed by atoms with Crippen molar-refractivity contribution in [1.82, 2.24) is 0 Å². The number of hydrogen-bond acceptors (Lipinski definition) is 6. The van der Waals surface area contributed by atoms with Gasteiger partial charge in [-0.1, -0.05) is 59.3 Å². The lowest BCUT2D eigenvalue weighted by atomic mass is 9.37. The van der Waals surface area contributed by atoms with Gasteiger partial charge in [0, 0.05) is 39.7 Å². The molecule has 6 aliphatic rings. The Kier molecular flexibility index (Phi) is 7.70. The van der Waals surface area contributed by atoms with Crippen LogP contribution in [0, 0.1) is 45.3 Å². The molecule has 0 saturated heterocycles. The SMILES string of the molecule is CC(=CC(O)CC1CCCCC2C(=O)C3=C4C(O)CC5C(C)(C)C(=O)CCC35CCCCCC23C1CC(O)C43C)C(=O)O. The summed E-state index contributed by atoms with van der Waals surface area (Å²) in [5.41, 5.74) is -0.703. The first-order valence-corrected chi connectivity index (χ1v) is 17.0. The molecule has 4 N–H and O–H groups in total. The van der Waals surface area contributed by atoms with E-state index in [0.717, 1.165) is 68.9 Å². The van der Waals surface area contributed by atoms with E-state index in [0.29, 0.717) is 32.1 Å². The fraction of sp³-hybridized carbons (Fsp3) is 0.806. The summed E-state index contributed by atoms with van der Waals surface area (Å²) in [6, 6.07) is 0. The van der Waals surface area contributed by atoms with Gasteiger partial charge in [0.1, 0.15) is 5.78 Å². The predicted molar refractivity (Wildman–Crippen MR) is 162 cm³/mol. The van der Waals surface area contributed by atoms with E-state index in [2.05, 4.69) is 6.92 Å². The predicted octanol–water partition coefficient (Wildman–Crippen LogP) is 5.55. The van der Waals surface area contributed by atoms with Crippen LogP contribution in [0.25, 0.3) is 0 Å². The standard InChI is InChI=1S/C36H52O7/c1-20(32(42)43)16-22(37)17-21-10-6-7-11-23-31(41)30-29-25(38)19-26-33(2,3)27(39)12-15-35(26,30)13-8-5-9-14-36(23)24(21)18-28(40)34(29,36)4/h16,21-26,28,37-38,40H,5-15,17-19H2,1-4H3,(H,42,43). The summed E-state index contributed by atoms with van der Waals surface area (Å²) in [7, 11) is 0. The number of hydrogen-bond donors (Lipinski definition) is 4. The highest BCUT2D eigenvalue weighted by atomic mass is 16.4. The molecule has 238 valence electrons. The van der Waals surface area contributed by atoms with Crippen molar-refractivity contribution in [2.45, 2.75) is 136 Å². The van der Waals surface area contributed by atoms with E-state index in [-0.39, 0.29) is 40.8 Å². The molecule has 43 heavy (non-hydrogen) atoms. The van der Waals surface area contributed by atoms with Crippen LogP contribution in [0.4, 0.5) is 0 Å². The molecular weight excluding hydrogens is 544 g/mol. The first kappa shape index (κ1) is 31.2. The molecule has 4 fully saturated rings. The number of aliphatic hydroxyl groups excluding tert-OH is 3. The Morgan fingerprint density at radius 2 is 1.67 bits per heavy atom. The van der Waals surface area contributed by atoms with E-state index in [1.54, 1.807) is 0 Å². The number of aliphatic carboxylic acids is 1. The monoisotopic (exact) mass is 596 g/mol. The lowest BCUT2D eigenvalue weighted by Gasteiger charge is -2.65. The quantitative estimate of drug-likeness (QED) is 0.313. The van der Waals surface area contributed by atoms with Crippen molar-refractivity contribution in [1.29, 1.82) is 0 Å². The number of allylic oxidation sites excluding steroid dienone is 1. The Labute approximate surface area is 256 Å². The molecule has 7 nitrogen and oxygen atoms in total. The van der Waals surface area contributed by atoms with Gasteiger partial charge in [-0.3, -0.25) is 9.59 Å². The first-order valence-electron chi connectivity index (χ1n) is 17.0. The van der Waals surface area contributed by atoms with Crippen LogP contribution in [0.3, 0.4) is 0 Å². The molecule has 0 aromatic heterocycles. The Balaban J connectivity index is 1.56.